The smallest absolute Gasteiger partial charge is 0.382 e. The van der Waals surface area contributed by atoms with Crippen molar-refractivity contribution in [1.29, 1.82) is 5.26 Å². The molecule has 0 radical (unpaired) electrons. The second-order valence-electron chi connectivity index (χ2n) is 8.03. The van der Waals surface area contributed by atoms with Gasteiger partial charge in [0.1, 0.15) is 5.54 Å². The SMILES string of the molecule is COCCOCCNC(=O)CCCN1C(=S)N(c2ccc(C#N)c(C(F)(F)F)c2)C(=O)C1(C)C. The lowest BCUT2D eigenvalue weighted by molar-refractivity contribution is -0.137. The predicted octanol–water partition coefficient (Wildman–Crippen LogP) is 2.85. The number of methoxy groups -OCH3 is 1. The normalized spacial score (nSPS) is 15.6. The molecule has 2 rings (SSSR count). The number of thiocarbonyl (C=S) groups is 1. The number of nitrogens with zero attached hydrogens (tertiary/aromatic N) is 3. The first-order chi connectivity index (χ1) is 15.9. The fourth-order valence-electron chi connectivity index (χ4n) is 3.43. The molecule has 1 N–H and O–H groups in total. The highest BCUT2D eigenvalue weighted by Gasteiger charge is 2.49. The van der Waals surface area contributed by atoms with Crippen molar-refractivity contribution in [2.24, 2.45) is 0 Å². The van der Waals surface area contributed by atoms with Crippen molar-refractivity contribution in [2.45, 2.75) is 38.4 Å². The number of nitriles is 1. The molecule has 1 fully saturated rings. The van der Waals surface area contributed by atoms with Gasteiger partial charge in [-0.05, 0) is 50.7 Å². The van der Waals surface area contributed by atoms with E-state index in [1.807, 2.05) is 0 Å². The molecule has 186 valence electrons. The van der Waals surface area contributed by atoms with Crippen molar-refractivity contribution in [1.82, 2.24) is 10.2 Å². The molecular weight excluding hydrogens is 473 g/mol. The van der Waals surface area contributed by atoms with Crippen LogP contribution in [0.15, 0.2) is 18.2 Å². The predicted molar refractivity (Wildman–Crippen MR) is 122 cm³/mol. The van der Waals surface area contributed by atoms with Crippen molar-refractivity contribution in [3.63, 3.8) is 0 Å². The standard InChI is InChI=1S/C22H27F3N4O4S/c1-21(2)19(31)29(16-7-6-15(14-26)17(13-16)22(23,24)25)20(34)28(21)9-4-5-18(30)27-8-10-33-12-11-32-3/h6-7,13H,4-5,8-12H2,1-3H3,(H,27,30). The van der Waals surface area contributed by atoms with Gasteiger partial charge in [0, 0.05) is 26.6 Å². The van der Waals surface area contributed by atoms with E-state index in [-0.39, 0.29) is 29.7 Å². The average molecular weight is 501 g/mol. The Morgan fingerprint density at radius 3 is 2.59 bits per heavy atom. The molecule has 0 spiro atoms. The number of amides is 2. The molecule has 12 heteroatoms. The maximum Gasteiger partial charge on any atom is 0.417 e. The minimum atomic E-state index is -4.76. The highest BCUT2D eigenvalue weighted by Crippen LogP contribution is 2.37. The molecule has 1 aromatic carbocycles. The Morgan fingerprint density at radius 1 is 1.26 bits per heavy atom. The maximum absolute atomic E-state index is 13.4. The van der Waals surface area contributed by atoms with Gasteiger partial charge in [-0.25, -0.2) is 0 Å². The van der Waals surface area contributed by atoms with Crippen LogP contribution in [0.3, 0.4) is 0 Å². The van der Waals surface area contributed by atoms with Crippen LogP contribution in [0, 0.1) is 11.3 Å². The third kappa shape index (κ3) is 6.43. The minimum absolute atomic E-state index is 0.0415. The largest absolute Gasteiger partial charge is 0.417 e. The lowest BCUT2D eigenvalue weighted by Gasteiger charge is -2.29. The summed E-state index contributed by atoms with van der Waals surface area (Å²) < 4.78 is 50.3. The summed E-state index contributed by atoms with van der Waals surface area (Å²) in [5.41, 5.74) is -2.86. The molecule has 1 aliphatic heterocycles. The van der Waals surface area contributed by atoms with Gasteiger partial charge in [0.2, 0.25) is 5.91 Å². The number of hydrogen-bond donors (Lipinski definition) is 1. The number of hydrogen-bond acceptors (Lipinski definition) is 6. The molecule has 1 heterocycles. The summed E-state index contributed by atoms with van der Waals surface area (Å²) in [4.78, 5) is 27.7. The van der Waals surface area contributed by atoms with Crippen LogP contribution in [-0.2, 0) is 25.2 Å². The van der Waals surface area contributed by atoms with E-state index in [2.05, 4.69) is 5.32 Å². The van der Waals surface area contributed by atoms with E-state index in [9.17, 15) is 22.8 Å². The van der Waals surface area contributed by atoms with Gasteiger partial charge in [-0.1, -0.05) is 0 Å². The second kappa shape index (κ2) is 11.6. The Hall–Kier alpha value is -2.75. The number of benzene rings is 1. The summed E-state index contributed by atoms with van der Waals surface area (Å²) in [6.45, 7) is 5.10. The third-order valence-electron chi connectivity index (χ3n) is 5.30. The number of nitrogens with one attached hydrogen (secondary N) is 1. The Kier molecular flexibility index (Phi) is 9.37. The lowest BCUT2D eigenvalue weighted by Crippen LogP contribution is -2.44. The van der Waals surface area contributed by atoms with E-state index in [0.717, 1.165) is 17.0 Å². The Bertz CT molecular complexity index is 962. The molecule has 0 aliphatic carbocycles. The molecule has 1 aliphatic rings. The zero-order chi connectivity index (χ0) is 25.5. The van der Waals surface area contributed by atoms with Crippen molar-refractivity contribution in [2.75, 3.05) is 44.9 Å². The van der Waals surface area contributed by atoms with Crippen LogP contribution in [0.1, 0.15) is 37.8 Å². The van der Waals surface area contributed by atoms with Crippen LogP contribution < -0.4 is 10.2 Å². The van der Waals surface area contributed by atoms with Crippen LogP contribution in [0.4, 0.5) is 18.9 Å². The highest BCUT2D eigenvalue weighted by molar-refractivity contribution is 7.80. The maximum atomic E-state index is 13.4. The molecule has 0 saturated carbocycles. The Labute approximate surface area is 201 Å². The van der Waals surface area contributed by atoms with Crippen LogP contribution in [-0.4, -0.2) is 67.4 Å². The molecular formula is C22H27F3N4O4S. The number of rotatable bonds is 11. The number of ether oxygens (including phenoxy) is 2. The van der Waals surface area contributed by atoms with Crippen molar-refractivity contribution < 1.29 is 32.2 Å². The molecule has 8 nitrogen and oxygen atoms in total. The van der Waals surface area contributed by atoms with Gasteiger partial charge < -0.3 is 19.7 Å². The van der Waals surface area contributed by atoms with Crippen molar-refractivity contribution >= 4 is 34.8 Å². The van der Waals surface area contributed by atoms with Crippen LogP contribution in [0.25, 0.3) is 0 Å². The number of carbonyl (C=O) groups excluding carboxylic acids is 2. The van der Waals surface area contributed by atoms with E-state index in [0.29, 0.717) is 32.8 Å². The zero-order valence-corrected chi connectivity index (χ0v) is 20.0. The lowest BCUT2D eigenvalue weighted by atomic mass is 10.0. The number of anilines is 1. The molecule has 0 bridgehead atoms. The van der Waals surface area contributed by atoms with E-state index in [4.69, 9.17) is 27.0 Å². The number of carbonyl (C=O) groups is 2. The summed E-state index contributed by atoms with van der Waals surface area (Å²) in [6.07, 6.45) is -4.21. The highest BCUT2D eigenvalue weighted by atomic mass is 32.1. The average Bonchev–Trinajstić information content (AvgIpc) is 2.94. The molecule has 0 aromatic heterocycles. The monoisotopic (exact) mass is 500 g/mol. The van der Waals surface area contributed by atoms with Gasteiger partial charge in [-0.2, -0.15) is 18.4 Å². The van der Waals surface area contributed by atoms with Crippen LogP contribution in [0.5, 0.6) is 0 Å². The summed E-state index contributed by atoms with van der Waals surface area (Å²) >= 11 is 5.42. The first-order valence-corrected chi connectivity index (χ1v) is 11.0. The summed E-state index contributed by atoms with van der Waals surface area (Å²) in [6, 6.07) is 4.55. The summed E-state index contributed by atoms with van der Waals surface area (Å²) in [5.74, 6) is -0.684. The Morgan fingerprint density at radius 2 is 1.97 bits per heavy atom. The van der Waals surface area contributed by atoms with Crippen molar-refractivity contribution in [3.8, 4) is 6.07 Å². The molecule has 0 unspecified atom stereocenters. The van der Waals surface area contributed by atoms with Crippen LogP contribution in [0.2, 0.25) is 0 Å². The zero-order valence-electron chi connectivity index (χ0n) is 19.2. The van der Waals surface area contributed by atoms with Gasteiger partial charge in [0.15, 0.2) is 5.11 Å². The summed E-state index contributed by atoms with van der Waals surface area (Å²) in [5, 5.41) is 11.8. The van der Waals surface area contributed by atoms with Gasteiger partial charge in [0.25, 0.3) is 5.91 Å². The quantitative estimate of drug-likeness (QED) is 0.369. The van der Waals surface area contributed by atoms with Gasteiger partial charge in [-0.3, -0.25) is 14.5 Å². The van der Waals surface area contributed by atoms with Gasteiger partial charge in [0.05, 0.1) is 42.7 Å². The van der Waals surface area contributed by atoms with E-state index in [1.165, 1.54) is 12.1 Å². The second-order valence-corrected chi connectivity index (χ2v) is 8.40. The number of halogens is 3. The molecule has 1 aromatic rings. The fourth-order valence-corrected chi connectivity index (χ4v) is 3.94. The summed E-state index contributed by atoms with van der Waals surface area (Å²) in [7, 11) is 1.56. The fraction of sp³-hybridized carbons (Fsp3) is 0.545. The van der Waals surface area contributed by atoms with E-state index < -0.39 is 28.7 Å². The first-order valence-electron chi connectivity index (χ1n) is 10.6. The first kappa shape index (κ1) is 27.5. The van der Waals surface area contributed by atoms with E-state index in [1.54, 1.807) is 25.9 Å². The molecule has 0 atom stereocenters. The van der Waals surface area contributed by atoms with Gasteiger partial charge >= 0.3 is 6.18 Å². The topological polar surface area (TPSA) is 94.9 Å². The third-order valence-corrected chi connectivity index (χ3v) is 5.70. The van der Waals surface area contributed by atoms with Crippen molar-refractivity contribution in [3.05, 3.63) is 29.3 Å². The minimum Gasteiger partial charge on any atom is -0.382 e. The van der Waals surface area contributed by atoms with Crippen LogP contribution >= 0.6 is 12.2 Å². The van der Waals surface area contributed by atoms with Gasteiger partial charge in [-0.15, -0.1) is 0 Å². The number of alkyl halides is 3. The molecule has 34 heavy (non-hydrogen) atoms. The van der Waals surface area contributed by atoms with E-state index >= 15 is 0 Å². The Balaban J connectivity index is 2.03. The molecule has 1 saturated heterocycles. The molecule has 2 amide bonds.